The molecule has 1 amide bonds. The number of nitrogens with zero attached hydrogens (tertiary/aromatic N) is 5. The average Bonchev–Trinajstić information content (AvgIpc) is 3.28. The van der Waals surface area contributed by atoms with E-state index in [1.54, 1.807) is 12.4 Å². The van der Waals surface area contributed by atoms with E-state index in [1.165, 1.54) is 5.56 Å². The van der Waals surface area contributed by atoms with Crippen LogP contribution in [0.3, 0.4) is 0 Å². The lowest BCUT2D eigenvalue weighted by Crippen LogP contribution is -2.47. The average molecular weight is 488 g/mol. The summed E-state index contributed by atoms with van der Waals surface area (Å²) in [5, 5.41) is 8.99. The van der Waals surface area contributed by atoms with Gasteiger partial charge in [0, 0.05) is 49.8 Å². The number of ether oxygens (including phenoxy) is 1. The minimum absolute atomic E-state index is 0.0127. The zero-order valence-corrected chi connectivity index (χ0v) is 21.1. The quantitative estimate of drug-likeness (QED) is 0.482. The standard InChI is InChI=1S/C28H33N5O3/c1-18(2)24-14-25-28(31-27(24)21-5-7-30-19(3)11-21)33(22-6-8-32(25)17-22)26(35)13-20-12-23(16-29-15-20)36-10-4-9-34/h5,7,11-12,14-16,18,22,34H,4,6,8-10,13,17H2,1-3H3. The number of aryl methyl sites for hydroxylation is 1. The Balaban J connectivity index is 1.50. The number of fused-ring (bicyclic) bond motifs is 4. The molecule has 2 aliphatic rings. The van der Waals surface area contributed by atoms with Gasteiger partial charge in [-0.2, -0.15) is 0 Å². The second-order valence-electron chi connectivity index (χ2n) is 9.89. The van der Waals surface area contributed by atoms with Crippen LogP contribution in [-0.2, 0) is 11.2 Å². The fraction of sp³-hybridized carbons (Fsp3) is 0.429. The predicted octanol–water partition coefficient (Wildman–Crippen LogP) is 3.90. The lowest BCUT2D eigenvalue weighted by molar-refractivity contribution is -0.118. The smallest absolute Gasteiger partial charge is 0.233 e. The molecule has 0 aliphatic carbocycles. The van der Waals surface area contributed by atoms with Crippen molar-refractivity contribution in [1.29, 1.82) is 0 Å². The lowest BCUT2D eigenvalue weighted by Gasteiger charge is -2.37. The number of hydrogen-bond donors (Lipinski definition) is 1. The number of aromatic nitrogens is 3. The van der Waals surface area contributed by atoms with E-state index in [0.717, 1.165) is 53.5 Å². The second kappa shape index (κ2) is 10.2. The summed E-state index contributed by atoms with van der Waals surface area (Å²) in [7, 11) is 0. The first kappa shape index (κ1) is 24.2. The first-order chi connectivity index (χ1) is 17.4. The summed E-state index contributed by atoms with van der Waals surface area (Å²) in [5.41, 5.74) is 5.88. The maximum Gasteiger partial charge on any atom is 0.233 e. The van der Waals surface area contributed by atoms with E-state index in [-0.39, 0.29) is 30.9 Å². The van der Waals surface area contributed by atoms with Gasteiger partial charge in [-0.3, -0.25) is 19.7 Å². The number of hydrogen-bond acceptors (Lipinski definition) is 7. The van der Waals surface area contributed by atoms with Crippen LogP contribution in [0.1, 0.15) is 49.4 Å². The predicted molar refractivity (Wildman–Crippen MR) is 140 cm³/mol. The molecule has 8 heteroatoms. The molecular weight excluding hydrogens is 454 g/mol. The molecule has 3 aromatic rings. The maximum atomic E-state index is 13.8. The van der Waals surface area contributed by atoms with Gasteiger partial charge in [-0.05, 0) is 54.7 Å². The first-order valence-electron chi connectivity index (χ1n) is 12.7. The number of rotatable bonds is 8. The van der Waals surface area contributed by atoms with E-state index >= 15 is 0 Å². The van der Waals surface area contributed by atoms with Gasteiger partial charge in [0.15, 0.2) is 5.82 Å². The minimum atomic E-state index is 0.0127. The number of carbonyl (C=O) groups is 1. The molecule has 1 N–H and O–H groups in total. The molecule has 5 rings (SSSR count). The third-order valence-corrected chi connectivity index (χ3v) is 6.87. The first-order valence-corrected chi connectivity index (χ1v) is 12.7. The Morgan fingerprint density at radius 2 is 2.11 bits per heavy atom. The van der Waals surface area contributed by atoms with E-state index in [4.69, 9.17) is 14.8 Å². The molecule has 5 heterocycles. The molecule has 0 saturated carbocycles. The van der Waals surface area contributed by atoms with Crippen molar-refractivity contribution in [2.24, 2.45) is 0 Å². The van der Waals surface area contributed by atoms with Crippen LogP contribution in [-0.4, -0.2) is 58.3 Å². The van der Waals surface area contributed by atoms with Gasteiger partial charge in [-0.25, -0.2) is 4.98 Å². The molecule has 8 nitrogen and oxygen atoms in total. The Kier molecular flexibility index (Phi) is 6.87. The largest absolute Gasteiger partial charge is 0.492 e. The highest BCUT2D eigenvalue weighted by Crippen LogP contribution is 2.43. The Bertz CT molecular complexity index is 1260. The van der Waals surface area contributed by atoms with Crippen LogP contribution in [0.2, 0.25) is 0 Å². The van der Waals surface area contributed by atoms with Crippen molar-refractivity contribution in [3.63, 3.8) is 0 Å². The SMILES string of the molecule is Cc1cc(-c2nc3c(cc2C(C)C)N2CCC(C2)N3C(=O)Cc2cncc(OCCCO)c2)ccn1. The van der Waals surface area contributed by atoms with Gasteiger partial charge in [-0.1, -0.05) is 13.8 Å². The molecule has 2 aliphatic heterocycles. The lowest BCUT2D eigenvalue weighted by atomic mass is 9.95. The molecule has 0 radical (unpaired) electrons. The number of aliphatic hydroxyl groups is 1. The van der Waals surface area contributed by atoms with Crippen molar-refractivity contribution in [3.8, 4) is 17.0 Å². The normalized spacial score (nSPS) is 16.4. The highest BCUT2D eigenvalue weighted by molar-refractivity contribution is 5.99. The van der Waals surface area contributed by atoms with E-state index in [2.05, 4.69) is 40.8 Å². The topological polar surface area (TPSA) is 91.7 Å². The van der Waals surface area contributed by atoms with Gasteiger partial charge in [0.05, 0.1) is 36.6 Å². The molecule has 3 aromatic heterocycles. The molecule has 0 aromatic carbocycles. The minimum Gasteiger partial charge on any atom is -0.492 e. The summed E-state index contributed by atoms with van der Waals surface area (Å²) in [6.45, 7) is 8.58. The highest BCUT2D eigenvalue weighted by Gasteiger charge is 2.40. The van der Waals surface area contributed by atoms with Crippen LogP contribution in [0.5, 0.6) is 5.75 Å². The van der Waals surface area contributed by atoms with Crippen molar-refractivity contribution in [1.82, 2.24) is 15.0 Å². The summed E-state index contributed by atoms with van der Waals surface area (Å²) >= 11 is 0. The van der Waals surface area contributed by atoms with E-state index in [9.17, 15) is 4.79 Å². The van der Waals surface area contributed by atoms with Crippen LogP contribution in [0.25, 0.3) is 11.3 Å². The molecule has 2 bridgehead atoms. The van der Waals surface area contributed by atoms with Gasteiger partial charge in [0.2, 0.25) is 5.91 Å². The summed E-state index contributed by atoms with van der Waals surface area (Å²) in [6, 6.07) is 8.24. The van der Waals surface area contributed by atoms with Crippen molar-refractivity contribution < 1.29 is 14.6 Å². The zero-order chi connectivity index (χ0) is 25.2. The molecular formula is C28H33N5O3. The third-order valence-electron chi connectivity index (χ3n) is 6.87. The Labute approximate surface area is 212 Å². The Hall–Kier alpha value is -3.52. The summed E-state index contributed by atoms with van der Waals surface area (Å²) < 4.78 is 5.66. The van der Waals surface area contributed by atoms with Gasteiger partial charge in [0.1, 0.15) is 5.75 Å². The van der Waals surface area contributed by atoms with Crippen molar-refractivity contribution in [3.05, 3.63) is 59.7 Å². The monoisotopic (exact) mass is 487 g/mol. The number of amides is 1. The fourth-order valence-electron chi connectivity index (χ4n) is 5.10. The molecule has 1 fully saturated rings. The molecule has 36 heavy (non-hydrogen) atoms. The molecule has 1 saturated heterocycles. The third kappa shape index (κ3) is 4.78. The van der Waals surface area contributed by atoms with E-state index < -0.39 is 0 Å². The van der Waals surface area contributed by atoms with E-state index in [1.807, 2.05) is 30.2 Å². The fourth-order valence-corrected chi connectivity index (χ4v) is 5.10. The number of pyridine rings is 3. The van der Waals surface area contributed by atoms with Crippen LogP contribution >= 0.6 is 0 Å². The highest BCUT2D eigenvalue weighted by atomic mass is 16.5. The van der Waals surface area contributed by atoms with Gasteiger partial charge in [0.25, 0.3) is 0 Å². The summed E-state index contributed by atoms with van der Waals surface area (Å²) in [4.78, 5) is 31.8. The zero-order valence-electron chi connectivity index (χ0n) is 21.1. The number of anilines is 2. The van der Waals surface area contributed by atoms with Crippen molar-refractivity contribution >= 4 is 17.4 Å². The van der Waals surface area contributed by atoms with Crippen LogP contribution in [0, 0.1) is 6.92 Å². The molecule has 188 valence electrons. The molecule has 1 atom stereocenters. The Morgan fingerprint density at radius 3 is 2.89 bits per heavy atom. The summed E-state index contributed by atoms with van der Waals surface area (Å²) in [6.07, 6.45) is 6.85. The van der Waals surface area contributed by atoms with Crippen LogP contribution < -0.4 is 14.5 Å². The number of carbonyl (C=O) groups excluding carboxylic acids is 1. The van der Waals surface area contributed by atoms with Crippen molar-refractivity contribution in [2.45, 2.75) is 52.0 Å². The van der Waals surface area contributed by atoms with Crippen LogP contribution in [0.15, 0.2) is 42.9 Å². The molecule has 0 spiro atoms. The van der Waals surface area contributed by atoms with Gasteiger partial charge >= 0.3 is 0 Å². The molecule has 1 unspecified atom stereocenters. The van der Waals surface area contributed by atoms with E-state index in [0.29, 0.717) is 18.8 Å². The second-order valence-corrected chi connectivity index (χ2v) is 9.89. The maximum absolute atomic E-state index is 13.8. The number of aliphatic hydroxyl groups excluding tert-OH is 1. The summed E-state index contributed by atoms with van der Waals surface area (Å²) in [5.74, 6) is 1.65. The van der Waals surface area contributed by atoms with Gasteiger partial charge in [-0.15, -0.1) is 0 Å². The van der Waals surface area contributed by atoms with Crippen molar-refractivity contribution in [2.75, 3.05) is 36.1 Å². The van der Waals surface area contributed by atoms with Gasteiger partial charge < -0.3 is 14.7 Å². The van der Waals surface area contributed by atoms with Crippen LogP contribution in [0.4, 0.5) is 11.5 Å². The Morgan fingerprint density at radius 1 is 1.25 bits per heavy atom.